The fourth-order valence-corrected chi connectivity index (χ4v) is 1.69. The summed E-state index contributed by atoms with van der Waals surface area (Å²) in [6.45, 7) is 0.202. The van der Waals surface area contributed by atoms with Crippen LogP contribution in [0.25, 0.3) is 0 Å². The summed E-state index contributed by atoms with van der Waals surface area (Å²) in [7, 11) is 0. The summed E-state index contributed by atoms with van der Waals surface area (Å²) < 4.78 is 37.3. The quantitative estimate of drug-likeness (QED) is 0.807. The Morgan fingerprint density at radius 1 is 1.41 bits per heavy atom. The Morgan fingerprint density at radius 3 is 2.65 bits per heavy atom. The third-order valence-corrected chi connectivity index (χ3v) is 2.46. The van der Waals surface area contributed by atoms with Gasteiger partial charge in [-0.15, -0.1) is 0 Å². The molecule has 0 spiro atoms. The van der Waals surface area contributed by atoms with Crippen molar-refractivity contribution in [1.29, 1.82) is 0 Å². The number of anilines is 1. The second-order valence-corrected chi connectivity index (χ2v) is 3.85. The van der Waals surface area contributed by atoms with Gasteiger partial charge in [0.25, 0.3) is 0 Å². The zero-order valence-corrected chi connectivity index (χ0v) is 8.74. The number of amides is 1. The molecule has 1 fully saturated rings. The highest BCUT2D eigenvalue weighted by Gasteiger charge is 2.34. The summed E-state index contributed by atoms with van der Waals surface area (Å²) in [5, 5.41) is 0. The molecule has 7 heteroatoms. The molecule has 1 aliphatic rings. The molecule has 1 atom stereocenters. The maximum Gasteiger partial charge on any atom is 0.433 e. The van der Waals surface area contributed by atoms with E-state index in [2.05, 4.69) is 4.98 Å². The van der Waals surface area contributed by atoms with Crippen LogP contribution < -0.4 is 10.6 Å². The highest BCUT2D eigenvalue weighted by Crippen LogP contribution is 2.29. The van der Waals surface area contributed by atoms with Crippen molar-refractivity contribution in [3.63, 3.8) is 0 Å². The zero-order valence-electron chi connectivity index (χ0n) is 8.74. The minimum Gasteiger partial charge on any atom is -0.326 e. The number of carbonyl (C=O) groups is 1. The van der Waals surface area contributed by atoms with E-state index in [-0.39, 0.29) is 30.7 Å². The van der Waals surface area contributed by atoms with Crippen LogP contribution in [0, 0.1) is 0 Å². The number of nitrogens with zero attached hydrogens (tertiary/aromatic N) is 2. The first-order valence-electron chi connectivity index (χ1n) is 4.98. The van der Waals surface area contributed by atoms with Gasteiger partial charge in [-0.25, -0.2) is 4.98 Å². The lowest BCUT2D eigenvalue weighted by molar-refractivity contribution is -0.141. The van der Waals surface area contributed by atoms with Gasteiger partial charge in [0.2, 0.25) is 5.91 Å². The fraction of sp³-hybridized carbons (Fsp3) is 0.400. The number of nitrogens with two attached hydrogens (primary N) is 1. The molecule has 0 saturated carbocycles. The molecule has 0 bridgehead atoms. The van der Waals surface area contributed by atoms with Crippen LogP contribution in [0.2, 0.25) is 0 Å². The Kier molecular flexibility index (Phi) is 2.78. The third-order valence-electron chi connectivity index (χ3n) is 2.46. The lowest BCUT2D eigenvalue weighted by atomic mass is 10.3. The first-order valence-corrected chi connectivity index (χ1v) is 4.98. The number of hydrogen-bond donors (Lipinski definition) is 1. The van der Waals surface area contributed by atoms with Crippen LogP contribution in [0.1, 0.15) is 12.1 Å². The average Bonchev–Trinajstić information content (AvgIpc) is 2.57. The smallest absolute Gasteiger partial charge is 0.326 e. The number of carbonyl (C=O) groups excluding carboxylic acids is 1. The van der Waals surface area contributed by atoms with Crippen LogP contribution in [0.3, 0.4) is 0 Å². The number of aromatic nitrogens is 1. The molecular weight excluding hydrogens is 235 g/mol. The van der Waals surface area contributed by atoms with Gasteiger partial charge >= 0.3 is 6.18 Å². The summed E-state index contributed by atoms with van der Waals surface area (Å²) in [5.41, 5.74) is 4.55. The predicted octanol–water partition coefficient (Wildman–Crippen LogP) is 1.16. The molecule has 0 aromatic carbocycles. The van der Waals surface area contributed by atoms with Crippen molar-refractivity contribution in [2.75, 3.05) is 11.4 Å². The van der Waals surface area contributed by atoms with Gasteiger partial charge in [0.1, 0.15) is 11.5 Å². The minimum atomic E-state index is -4.51. The van der Waals surface area contributed by atoms with Gasteiger partial charge in [0.05, 0.1) is 0 Å². The molecular formula is C10H10F3N3O. The summed E-state index contributed by atoms with van der Waals surface area (Å²) in [6.07, 6.45) is -4.38. The standard InChI is InChI=1S/C10H10F3N3O/c11-10(12,13)7-2-1-3-8(15-7)16-5-6(14)4-9(16)17/h1-3,6H,4-5,14H2. The van der Waals surface area contributed by atoms with Crippen LogP contribution >= 0.6 is 0 Å². The summed E-state index contributed by atoms with van der Waals surface area (Å²) in [6, 6.07) is 3.11. The van der Waals surface area contributed by atoms with Gasteiger partial charge in [-0.05, 0) is 12.1 Å². The number of rotatable bonds is 1. The van der Waals surface area contributed by atoms with Crippen LogP contribution in [-0.2, 0) is 11.0 Å². The molecule has 0 aliphatic carbocycles. The largest absolute Gasteiger partial charge is 0.433 e. The van der Waals surface area contributed by atoms with Crippen molar-refractivity contribution in [3.8, 4) is 0 Å². The van der Waals surface area contributed by atoms with E-state index < -0.39 is 11.9 Å². The van der Waals surface area contributed by atoms with Gasteiger partial charge in [0, 0.05) is 19.0 Å². The fourth-order valence-electron chi connectivity index (χ4n) is 1.69. The predicted molar refractivity (Wildman–Crippen MR) is 54.2 cm³/mol. The van der Waals surface area contributed by atoms with E-state index in [1.165, 1.54) is 17.0 Å². The molecule has 2 rings (SSSR count). The van der Waals surface area contributed by atoms with E-state index in [1.807, 2.05) is 0 Å². The van der Waals surface area contributed by atoms with Crippen molar-refractivity contribution in [1.82, 2.24) is 4.98 Å². The Bertz CT molecular complexity index is 447. The molecule has 1 aliphatic heterocycles. The Morgan fingerprint density at radius 2 is 2.12 bits per heavy atom. The van der Waals surface area contributed by atoms with Crippen LogP contribution in [0.15, 0.2) is 18.2 Å². The molecule has 1 aromatic rings. The number of pyridine rings is 1. The number of halogens is 3. The van der Waals surface area contributed by atoms with Gasteiger partial charge in [-0.1, -0.05) is 6.07 Å². The Hall–Kier alpha value is -1.63. The van der Waals surface area contributed by atoms with Crippen molar-refractivity contribution >= 4 is 11.7 Å². The van der Waals surface area contributed by atoms with Crippen LogP contribution in [0.5, 0.6) is 0 Å². The molecule has 1 saturated heterocycles. The maximum atomic E-state index is 12.4. The first kappa shape index (κ1) is 11.8. The lowest BCUT2D eigenvalue weighted by Crippen LogP contribution is -2.29. The minimum absolute atomic E-state index is 0.00206. The van der Waals surface area contributed by atoms with Gasteiger partial charge in [-0.2, -0.15) is 13.2 Å². The lowest BCUT2D eigenvalue weighted by Gasteiger charge is -2.16. The van der Waals surface area contributed by atoms with Crippen molar-refractivity contribution in [2.45, 2.75) is 18.6 Å². The second kappa shape index (κ2) is 3.99. The van der Waals surface area contributed by atoms with Crippen LogP contribution in [0.4, 0.5) is 19.0 Å². The van der Waals surface area contributed by atoms with E-state index in [0.29, 0.717) is 0 Å². The van der Waals surface area contributed by atoms with E-state index in [1.54, 1.807) is 0 Å². The van der Waals surface area contributed by atoms with Crippen molar-refractivity contribution in [3.05, 3.63) is 23.9 Å². The highest BCUT2D eigenvalue weighted by atomic mass is 19.4. The SMILES string of the molecule is NC1CC(=O)N(c2cccc(C(F)(F)F)n2)C1. The summed E-state index contributed by atoms with van der Waals surface area (Å²) in [5.74, 6) is -0.304. The Balaban J connectivity index is 2.31. The van der Waals surface area contributed by atoms with E-state index in [9.17, 15) is 18.0 Å². The molecule has 92 valence electrons. The average molecular weight is 245 g/mol. The molecule has 1 amide bonds. The molecule has 4 nitrogen and oxygen atoms in total. The summed E-state index contributed by atoms with van der Waals surface area (Å²) in [4.78, 5) is 16.1. The normalized spacial score (nSPS) is 21.1. The summed E-state index contributed by atoms with van der Waals surface area (Å²) >= 11 is 0. The van der Waals surface area contributed by atoms with Gasteiger partial charge in [-0.3, -0.25) is 9.69 Å². The zero-order chi connectivity index (χ0) is 12.6. The van der Waals surface area contributed by atoms with E-state index >= 15 is 0 Å². The monoisotopic (exact) mass is 245 g/mol. The van der Waals surface area contributed by atoms with E-state index in [0.717, 1.165) is 6.07 Å². The van der Waals surface area contributed by atoms with E-state index in [4.69, 9.17) is 5.73 Å². The van der Waals surface area contributed by atoms with Crippen molar-refractivity contribution < 1.29 is 18.0 Å². The van der Waals surface area contributed by atoms with Gasteiger partial charge < -0.3 is 5.73 Å². The number of alkyl halides is 3. The molecule has 1 aromatic heterocycles. The molecule has 2 N–H and O–H groups in total. The third kappa shape index (κ3) is 2.38. The van der Waals surface area contributed by atoms with Gasteiger partial charge in [0.15, 0.2) is 0 Å². The molecule has 2 heterocycles. The topological polar surface area (TPSA) is 59.2 Å². The van der Waals surface area contributed by atoms with Crippen LogP contribution in [-0.4, -0.2) is 23.5 Å². The highest BCUT2D eigenvalue weighted by molar-refractivity contribution is 5.95. The molecule has 0 radical (unpaired) electrons. The molecule has 17 heavy (non-hydrogen) atoms. The first-order chi connectivity index (χ1) is 7.88. The second-order valence-electron chi connectivity index (χ2n) is 3.85. The molecule has 1 unspecified atom stereocenters. The maximum absolute atomic E-state index is 12.4. The number of hydrogen-bond acceptors (Lipinski definition) is 3. The Labute approximate surface area is 95.2 Å². The van der Waals surface area contributed by atoms with Crippen molar-refractivity contribution in [2.24, 2.45) is 5.73 Å².